The van der Waals surface area contributed by atoms with Crippen LogP contribution in [-0.2, 0) is 16.0 Å². The van der Waals surface area contributed by atoms with E-state index in [9.17, 15) is 14.4 Å². The van der Waals surface area contributed by atoms with Crippen LogP contribution in [0.25, 0.3) is 10.9 Å². The molecule has 1 aromatic heterocycles. The molecule has 0 bridgehead atoms. The number of carbonyl (C=O) groups is 3. The summed E-state index contributed by atoms with van der Waals surface area (Å²) in [5.41, 5.74) is 4.56. The molecule has 268 valence electrons. The third-order valence-electron chi connectivity index (χ3n) is 9.51. The van der Waals surface area contributed by atoms with Crippen LogP contribution in [0.3, 0.4) is 0 Å². The molecule has 2 aliphatic heterocycles. The van der Waals surface area contributed by atoms with Gasteiger partial charge >= 0.3 is 0 Å². The number of nitrogens with zero attached hydrogens (tertiary/aromatic N) is 3. The summed E-state index contributed by atoms with van der Waals surface area (Å²) in [6, 6.07) is 17.4. The maximum Gasteiger partial charge on any atom is 0.254 e. The van der Waals surface area contributed by atoms with Gasteiger partial charge in [0, 0.05) is 46.7 Å². The maximum absolute atomic E-state index is 13.1. The van der Waals surface area contributed by atoms with Gasteiger partial charge < -0.3 is 25.0 Å². The molecule has 2 atom stereocenters. The molecule has 3 amide bonds. The van der Waals surface area contributed by atoms with Gasteiger partial charge in [-0.1, -0.05) is 47.3 Å². The van der Waals surface area contributed by atoms with E-state index in [0.29, 0.717) is 48.9 Å². The van der Waals surface area contributed by atoms with Crippen LogP contribution < -0.4 is 25.4 Å². The number of aromatic nitrogens is 2. The highest BCUT2D eigenvalue weighted by Gasteiger charge is 2.37. The van der Waals surface area contributed by atoms with Gasteiger partial charge in [-0.2, -0.15) is 0 Å². The minimum atomic E-state index is -0.581. The number of anilines is 2. The molecule has 0 radical (unpaired) electrons. The number of hydrogen-bond donors (Lipinski definition) is 3. The van der Waals surface area contributed by atoms with Gasteiger partial charge in [-0.05, 0) is 87.1 Å². The number of unbranched alkanes of at least 4 members (excludes halogenated alkanes) is 4. The second kappa shape index (κ2) is 16.5. The number of piperidine rings is 1. The largest absolute Gasteiger partial charge is 0.493 e. The fourth-order valence-electron chi connectivity index (χ4n) is 6.76. The number of aryl methyl sites for hydroxylation is 1. The van der Waals surface area contributed by atoms with Crippen molar-refractivity contribution in [3.05, 3.63) is 81.6 Å². The first-order chi connectivity index (χ1) is 24.7. The van der Waals surface area contributed by atoms with E-state index in [0.717, 1.165) is 76.7 Å². The number of fused-ring (bicyclic) bond motifs is 2. The summed E-state index contributed by atoms with van der Waals surface area (Å²) >= 11 is 3.56. The lowest BCUT2D eigenvalue weighted by atomic mass is 9.94. The number of halogens is 1. The molecule has 1 fully saturated rings. The molecule has 2 unspecified atom stereocenters. The van der Waals surface area contributed by atoms with Gasteiger partial charge in [0.2, 0.25) is 11.8 Å². The Morgan fingerprint density at radius 1 is 0.980 bits per heavy atom. The van der Waals surface area contributed by atoms with E-state index in [4.69, 9.17) is 14.5 Å². The number of rotatable bonds is 15. The first-order valence-electron chi connectivity index (χ1n) is 17.7. The number of carbonyl (C=O) groups excluding carboxylic acids is 3. The van der Waals surface area contributed by atoms with E-state index in [1.165, 1.54) is 0 Å². The van der Waals surface area contributed by atoms with Gasteiger partial charge in [-0.3, -0.25) is 19.7 Å². The number of ether oxygens (including phenoxy) is 2. The summed E-state index contributed by atoms with van der Waals surface area (Å²) < 4.78 is 12.9. The average molecular weight is 758 g/mol. The Kier molecular flexibility index (Phi) is 11.7. The molecule has 0 aliphatic carbocycles. The highest BCUT2D eigenvalue weighted by Crippen LogP contribution is 2.36. The monoisotopic (exact) mass is 756 g/mol. The minimum absolute atomic E-state index is 0.0372. The number of hydrogen-bond acceptors (Lipinski definition) is 9. The lowest BCUT2D eigenvalue weighted by molar-refractivity contribution is -0.136. The van der Waals surface area contributed by atoms with E-state index in [2.05, 4.69) is 55.9 Å². The van der Waals surface area contributed by atoms with Crippen molar-refractivity contribution in [2.24, 2.45) is 0 Å². The summed E-state index contributed by atoms with van der Waals surface area (Å²) in [5.74, 6) is 1.96. The molecule has 3 aromatic carbocycles. The van der Waals surface area contributed by atoms with Crippen LogP contribution in [0.5, 0.6) is 11.5 Å². The normalized spacial score (nSPS) is 16.4. The van der Waals surface area contributed by atoms with Crippen molar-refractivity contribution in [2.75, 3.05) is 37.4 Å². The molecule has 4 aromatic rings. The van der Waals surface area contributed by atoms with Crippen LogP contribution in [0.4, 0.5) is 11.5 Å². The van der Waals surface area contributed by atoms with Gasteiger partial charge in [0.25, 0.3) is 5.91 Å². The van der Waals surface area contributed by atoms with Crippen LogP contribution in [0.15, 0.2) is 59.1 Å². The third kappa shape index (κ3) is 8.79. The van der Waals surface area contributed by atoms with Gasteiger partial charge in [-0.15, -0.1) is 0 Å². The predicted octanol–water partition coefficient (Wildman–Crippen LogP) is 7.13. The quantitative estimate of drug-likeness (QED) is 0.0856. The molecule has 3 heterocycles. The molecular formula is C39H45BrN6O5. The molecule has 3 N–H and O–H groups in total. The Bertz CT molecular complexity index is 1920. The second-order valence-corrected chi connectivity index (χ2v) is 14.1. The van der Waals surface area contributed by atoms with Crippen LogP contribution in [0.2, 0.25) is 0 Å². The van der Waals surface area contributed by atoms with Gasteiger partial charge in [0.15, 0.2) is 11.5 Å². The van der Waals surface area contributed by atoms with Crippen molar-refractivity contribution in [1.29, 1.82) is 0 Å². The highest BCUT2D eigenvalue weighted by atomic mass is 79.9. The lowest BCUT2D eigenvalue weighted by Crippen LogP contribution is -2.55. The van der Waals surface area contributed by atoms with Crippen LogP contribution in [0.1, 0.15) is 85.2 Å². The topological polar surface area (TPSA) is 135 Å². The van der Waals surface area contributed by atoms with Gasteiger partial charge in [0.05, 0.1) is 25.3 Å². The van der Waals surface area contributed by atoms with Crippen molar-refractivity contribution in [1.82, 2.24) is 20.2 Å². The van der Waals surface area contributed by atoms with E-state index >= 15 is 0 Å². The Hall–Kier alpha value is -4.71. The molecule has 1 saturated heterocycles. The summed E-state index contributed by atoms with van der Waals surface area (Å²) in [6.45, 7) is 5.91. The minimum Gasteiger partial charge on any atom is -0.493 e. The van der Waals surface area contributed by atoms with E-state index in [1.807, 2.05) is 49.4 Å². The Balaban J connectivity index is 0.929. The zero-order chi connectivity index (χ0) is 35.9. The lowest BCUT2D eigenvalue weighted by Gasteiger charge is -2.36. The first kappa shape index (κ1) is 36.1. The highest BCUT2D eigenvalue weighted by molar-refractivity contribution is 9.10. The van der Waals surface area contributed by atoms with Crippen LogP contribution in [-0.4, -0.2) is 65.4 Å². The van der Waals surface area contributed by atoms with Crippen molar-refractivity contribution >= 4 is 56.1 Å². The fraction of sp³-hybridized carbons (Fsp3) is 0.410. The summed E-state index contributed by atoms with van der Waals surface area (Å²) in [6.07, 6.45) is 6.54. The van der Waals surface area contributed by atoms with Crippen molar-refractivity contribution in [3.63, 3.8) is 0 Å². The molecule has 0 spiro atoms. The number of benzene rings is 3. The Labute approximate surface area is 307 Å². The van der Waals surface area contributed by atoms with E-state index < -0.39 is 6.04 Å². The Morgan fingerprint density at radius 3 is 2.61 bits per heavy atom. The number of imide groups is 1. The zero-order valence-electron chi connectivity index (χ0n) is 29.4. The van der Waals surface area contributed by atoms with Crippen molar-refractivity contribution < 1.29 is 23.9 Å². The summed E-state index contributed by atoms with van der Waals surface area (Å²) in [7, 11) is 1.65. The smallest absolute Gasteiger partial charge is 0.254 e. The standard InChI is InChI=1S/C39H45BrN6O5/c1-24(26-10-9-11-28(40)20-26)42-37-31-22-34(50-3)35(23-32(31)43-25(2)44-37)51-19-8-6-4-5-7-17-41-29-12-13-30-27(21-29)16-18-46(39(30)49)33-14-15-36(47)45-38(33)48/h9-13,20-24,33,41H,4-8,14-19H2,1-3H3,(H,42,43,44)(H,45,47,48). The molecular weight excluding hydrogens is 712 g/mol. The second-order valence-electron chi connectivity index (χ2n) is 13.2. The first-order valence-corrected chi connectivity index (χ1v) is 18.5. The molecule has 6 rings (SSSR count). The SMILES string of the molecule is COc1cc2c(NC(C)c3cccc(Br)c3)nc(C)nc2cc1OCCCCCCCNc1ccc2c(c1)CCN(C1CCC(=O)NC1=O)C2=O. The zero-order valence-corrected chi connectivity index (χ0v) is 31.0. The van der Waals surface area contributed by atoms with Crippen LogP contribution in [0, 0.1) is 6.92 Å². The van der Waals surface area contributed by atoms with Gasteiger partial charge in [-0.25, -0.2) is 9.97 Å². The molecule has 2 aliphatic rings. The Morgan fingerprint density at radius 2 is 1.80 bits per heavy atom. The van der Waals surface area contributed by atoms with Gasteiger partial charge in [0.1, 0.15) is 17.7 Å². The third-order valence-corrected chi connectivity index (χ3v) is 10.0. The average Bonchev–Trinajstić information content (AvgIpc) is 3.11. The number of methoxy groups -OCH3 is 1. The van der Waals surface area contributed by atoms with Crippen molar-refractivity contribution in [2.45, 2.75) is 77.3 Å². The van der Waals surface area contributed by atoms with E-state index in [1.54, 1.807) is 12.0 Å². The molecule has 0 saturated carbocycles. The number of amides is 3. The molecule has 12 heteroatoms. The van der Waals surface area contributed by atoms with Crippen LogP contribution >= 0.6 is 15.9 Å². The van der Waals surface area contributed by atoms with Crippen molar-refractivity contribution in [3.8, 4) is 11.5 Å². The molecule has 51 heavy (non-hydrogen) atoms. The maximum atomic E-state index is 13.1. The summed E-state index contributed by atoms with van der Waals surface area (Å²) in [5, 5.41) is 10.3. The molecule has 11 nitrogen and oxygen atoms in total. The summed E-state index contributed by atoms with van der Waals surface area (Å²) in [4.78, 5) is 48.0. The fourth-order valence-corrected chi connectivity index (χ4v) is 7.18. The number of nitrogens with one attached hydrogen (secondary N) is 3. The van der Waals surface area contributed by atoms with E-state index in [-0.39, 0.29) is 30.2 Å². The predicted molar refractivity (Wildman–Crippen MR) is 201 cm³/mol.